The molecule has 0 unspecified atom stereocenters. The fourth-order valence-electron chi connectivity index (χ4n) is 2.93. The molecule has 0 aromatic heterocycles. The quantitative estimate of drug-likeness (QED) is 0.754. The van der Waals surface area contributed by atoms with Gasteiger partial charge < -0.3 is 4.74 Å². The number of carbonyl (C=O) groups is 1. The molecule has 5 nitrogen and oxygen atoms in total. The maximum absolute atomic E-state index is 13.2. The number of rotatable bonds is 5. The molecule has 0 atom stereocenters. The molecule has 0 saturated heterocycles. The highest BCUT2D eigenvalue weighted by molar-refractivity contribution is 7.92. The van der Waals surface area contributed by atoms with Crippen molar-refractivity contribution < 1.29 is 17.9 Å². The maximum atomic E-state index is 13.2. The Morgan fingerprint density at radius 2 is 1.81 bits per heavy atom. The van der Waals surface area contributed by atoms with Crippen LogP contribution in [0.25, 0.3) is 6.08 Å². The Morgan fingerprint density at radius 3 is 2.50 bits per heavy atom. The lowest BCUT2D eigenvalue weighted by Crippen LogP contribution is -2.35. The van der Waals surface area contributed by atoms with Crippen LogP contribution in [0.15, 0.2) is 59.0 Å². The van der Waals surface area contributed by atoms with Gasteiger partial charge in [0.15, 0.2) is 0 Å². The minimum atomic E-state index is -3.73. The zero-order chi connectivity index (χ0) is 18.7. The van der Waals surface area contributed by atoms with Crippen molar-refractivity contribution in [3.63, 3.8) is 0 Å². The lowest BCUT2D eigenvalue weighted by atomic mass is 10.0. The van der Waals surface area contributed by atoms with Crippen molar-refractivity contribution in [2.45, 2.75) is 25.2 Å². The molecule has 1 heterocycles. The van der Waals surface area contributed by atoms with Crippen LogP contribution in [-0.2, 0) is 19.6 Å². The third kappa shape index (κ3) is 3.65. The average molecular weight is 371 g/mol. The first kappa shape index (κ1) is 18.2. The summed E-state index contributed by atoms with van der Waals surface area (Å²) in [5.41, 5.74) is 3.08. The van der Waals surface area contributed by atoms with Crippen molar-refractivity contribution in [3.8, 4) is 0 Å². The minimum Gasteiger partial charge on any atom is -0.466 e. The number of carbonyl (C=O) groups excluding carboxylic acids is 1. The summed E-state index contributed by atoms with van der Waals surface area (Å²) < 4.78 is 32.8. The van der Waals surface area contributed by atoms with E-state index in [0.29, 0.717) is 17.9 Å². The number of sulfonamides is 1. The van der Waals surface area contributed by atoms with Gasteiger partial charge in [-0.3, -0.25) is 9.10 Å². The molecule has 0 aliphatic carbocycles. The second kappa shape index (κ2) is 7.33. The fourth-order valence-corrected chi connectivity index (χ4v) is 4.42. The van der Waals surface area contributed by atoms with Crippen LogP contribution >= 0.6 is 0 Å². The molecule has 26 heavy (non-hydrogen) atoms. The molecule has 2 aromatic rings. The van der Waals surface area contributed by atoms with E-state index in [1.807, 2.05) is 25.1 Å². The van der Waals surface area contributed by atoms with Gasteiger partial charge in [-0.15, -0.1) is 0 Å². The number of esters is 1. The van der Waals surface area contributed by atoms with Gasteiger partial charge in [-0.1, -0.05) is 42.0 Å². The van der Waals surface area contributed by atoms with Crippen LogP contribution < -0.4 is 4.31 Å². The van der Waals surface area contributed by atoms with E-state index in [4.69, 9.17) is 4.74 Å². The van der Waals surface area contributed by atoms with Gasteiger partial charge in [-0.2, -0.15) is 0 Å². The zero-order valence-electron chi connectivity index (χ0n) is 14.8. The van der Waals surface area contributed by atoms with Crippen molar-refractivity contribution in [1.29, 1.82) is 0 Å². The molecule has 0 saturated carbocycles. The lowest BCUT2D eigenvalue weighted by Gasteiger charge is -2.30. The number of aryl methyl sites for hydroxylation is 1. The number of hydrogen-bond donors (Lipinski definition) is 0. The Bertz CT molecular complexity index is 946. The summed E-state index contributed by atoms with van der Waals surface area (Å²) in [5, 5.41) is 0. The van der Waals surface area contributed by atoms with Gasteiger partial charge in [0, 0.05) is 0 Å². The molecule has 0 fully saturated rings. The lowest BCUT2D eigenvalue weighted by molar-refractivity contribution is -0.142. The summed E-state index contributed by atoms with van der Waals surface area (Å²) in [6.07, 6.45) is 1.94. The molecule has 2 aromatic carbocycles. The van der Waals surface area contributed by atoms with Crippen molar-refractivity contribution in [2.24, 2.45) is 0 Å². The predicted molar refractivity (Wildman–Crippen MR) is 101 cm³/mol. The molecule has 0 radical (unpaired) electrons. The molecule has 0 spiro atoms. The van der Waals surface area contributed by atoms with Gasteiger partial charge in [0.25, 0.3) is 10.0 Å². The normalized spacial score (nSPS) is 13.8. The maximum Gasteiger partial charge on any atom is 0.309 e. The van der Waals surface area contributed by atoms with Crippen LogP contribution in [0.4, 0.5) is 5.69 Å². The Hall–Kier alpha value is -2.60. The summed E-state index contributed by atoms with van der Waals surface area (Å²) >= 11 is 0. The highest BCUT2D eigenvalue weighted by atomic mass is 32.2. The monoisotopic (exact) mass is 371 g/mol. The second-order valence-corrected chi connectivity index (χ2v) is 8.03. The Kier molecular flexibility index (Phi) is 5.13. The topological polar surface area (TPSA) is 63.7 Å². The van der Waals surface area contributed by atoms with Crippen LogP contribution in [-0.4, -0.2) is 27.5 Å². The van der Waals surface area contributed by atoms with E-state index in [9.17, 15) is 13.2 Å². The molecular formula is C20H21NO4S. The summed E-state index contributed by atoms with van der Waals surface area (Å²) in [6, 6.07) is 14.0. The SMILES string of the molecule is CCOC(=O)CC1=Cc2ccccc2N(S(=O)(=O)c2ccc(C)cc2)C1. The van der Waals surface area contributed by atoms with Gasteiger partial charge in [0.05, 0.1) is 30.2 Å². The summed E-state index contributed by atoms with van der Waals surface area (Å²) in [5.74, 6) is -0.356. The standard InChI is InChI=1S/C20H21NO4S/c1-3-25-20(22)13-16-12-17-6-4-5-7-19(17)21(14-16)26(23,24)18-10-8-15(2)9-11-18/h4-12H,3,13-14H2,1-2H3. The number of hydrogen-bond acceptors (Lipinski definition) is 4. The summed E-state index contributed by atoms with van der Waals surface area (Å²) in [7, 11) is -3.73. The minimum absolute atomic E-state index is 0.0715. The molecule has 136 valence electrons. The fraction of sp³-hybridized carbons (Fsp3) is 0.250. The third-order valence-electron chi connectivity index (χ3n) is 4.20. The second-order valence-electron chi connectivity index (χ2n) is 6.17. The van der Waals surface area contributed by atoms with Crippen LogP contribution in [0.2, 0.25) is 0 Å². The van der Waals surface area contributed by atoms with Crippen molar-refractivity contribution in [3.05, 3.63) is 65.2 Å². The Balaban J connectivity index is 2.00. The molecule has 6 heteroatoms. The van der Waals surface area contributed by atoms with E-state index in [1.54, 1.807) is 43.3 Å². The first-order valence-electron chi connectivity index (χ1n) is 8.45. The van der Waals surface area contributed by atoms with E-state index < -0.39 is 10.0 Å². The van der Waals surface area contributed by atoms with E-state index >= 15 is 0 Å². The average Bonchev–Trinajstić information content (AvgIpc) is 2.61. The number of nitrogens with zero attached hydrogens (tertiary/aromatic N) is 1. The van der Waals surface area contributed by atoms with E-state index in [2.05, 4.69) is 0 Å². The van der Waals surface area contributed by atoms with Gasteiger partial charge in [-0.25, -0.2) is 8.42 Å². The van der Waals surface area contributed by atoms with Crippen LogP contribution in [0, 0.1) is 6.92 Å². The van der Waals surface area contributed by atoms with Gasteiger partial charge in [0.2, 0.25) is 0 Å². The van der Waals surface area contributed by atoms with Crippen molar-refractivity contribution in [2.75, 3.05) is 17.5 Å². The number of ether oxygens (including phenoxy) is 1. The summed E-state index contributed by atoms with van der Waals surface area (Å²) in [4.78, 5) is 12.1. The Morgan fingerprint density at radius 1 is 1.12 bits per heavy atom. The van der Waals surface area contributed by atoms with E-state index in [0.717, 1.165) is 11.1 Å². The van der Waals surface area contributed by atoms with Crippen LogP contribution in [0.5, 0.6) is 0 Å². The van der Waals surface area contributed by atoms with Gasteiger partial charge in [-0.05, 0) is 43.2 Å². The first-order chi connectivity index (χ1) is 12.4. The molecule has 0 amide bonds. The molecule has 1 aliphatic heterocycles. The number of benzene rings is 2. The molecule has 1 aliphatic rings. The molecule has 0 bridgehead atoms. The molecular weight excluding hydrogens is 350 g/mol. The third-order valence-corrected chi connectivity index (χ3v) is 5.97. The van der Waals surface area contributed by atoms with E-state index in [1.165, 1.54) is 4.31 Å². The van der Waals surface area contributed by atoms with Crippen LogP contribution in [0.3, 0.4) is 0 Å². The highest BCUT2D eigenvalue weighted by Gasteiger charge is 2.30. The molecule has 0 N–H and O–H groups in total. The summed E-state index contributed by atoms with van der Waals surface area (Å²) in [6.45, 7) is 4.09. The first-order valence-corrected chi connectivity index (χ1v) is 9.89. The molecule has 3 rings (SSSR count). The van der Waals surface area contributed by atoms with E-state index in [-0.39, 0.29) is 23.8 Å². The highest BCUT2D eigenvalue weighted by Crippen LogP contribution is 2.34. The van der Waals surface area contributed by atoms with Gasteiger partial charge >= 0.3 is 5.97 Å². The number of para-hydroxylation sites is 1. The zero-order valence-corrected chi connectivity index (χ0v) is 15.6. The van der Waals surface area contributed by atoms with Crippen LogP contribution in [0.1, 0.15) is 24.5 Å². The predicted octanol–water partition coefficient (Wildman–Crippen LogP) is 3.54. The number of anilines is 1. The number of fused-ring (bicyclic) bond motifs is 1. The van der Waals surface area contributed by atoms with Crippen molar-refractivity contribution >= 4 is 27.8 Å². The largest absolute Gasteiger partial charge is 0.466 e. The smallest absolute Gasteiger partial charge is 0.309 e. The van der Waals surface area contributed by atoms with Crippen molar-refractivity contribution in [1.82, 2.24) is 0 Å². The van der Waals surface area contributed by atoms with Gasteiger partial charge in [0.1, 0.15) is 0 Å². The Labute approximate surface area is 154 Å².